The van der Waals surface area contributed by atoms with E-state index in [0.717, 1.165) is 24.5 Å². The van der Waals surface area contributed by atoms with Gasteiger partial charge < -0.3 is 4.90 Å². The second kappa shape index (κ2) is 4.42. The zero-order chi connectivity index (χ0) is 9.84. The first kappa shape index (κ1) is 10.3. The van der Waals surface area contributed by atoms with E-state index in [1.165, 1.54) is 0 Å². The van der Waals surface area contributed by atoms with Gasteiger partial charge in [-0.05, 0) is 24.9 Å². The standard InChI is InChI=1S/C9H14ClN3/c1-4-5-13(3)8-6-7(2)11-9(10)12-8/h6H,4-5H2,1-3H3. The summed E-state index contributed by atoms with van der Waals surface area (Å²) in [5, 5.41) is 0.318. The summed E-state index contributed by atoms with van der Waals surface area (Å²) in [6, 6.07) is 1.93. The summed E-state index contributed by atoms with van der Waals surface area (Å²) in [6.45, 7) is 5.02. The van der Waals surface area contributed by atoms with Gasteiger partial charge in [-0.2, -0.15) is 0 Å². The maximum atomic E-state index is 5.75. The summed E-state index contributed by atoms with van der Waals surface area (Å²) in [5.41, 5.74) is 0.901. The molecule has 0 radical (unpaired) electrons. The van der Waals surface area contributed by atoms with Gasteiger partial charge in [0.25, 0.3) is 0 Å². The van der Waals surface area contributed by atoms with Crippen molar-refractivity contribution in [2.24, 2.45) is 0 Å². The van der Waals surface area contributed by atoms with Crippen LogP contribution in [0.4, 0.5) is 5.82 Å². The normalized spacial score (nSPS) is 10.2. The van der Waals surface area contributed by atoms with Crippen molar-refractivity contribution in [2.75, 3.05) is 18.5 Å². The largest absolute Gasteiger partial charge is 0.360 e. The molecule has 1 heterocycles. The van der Waals surface area contributed by atoms with E-state index in [1.54, 1.807) is 0 Å². The Bertz CT molecular complexity index is 268. The molecule has 0 saturated heterocycles. The van der Waals surface area contributed by atoms with Crippen LogP contribution in [-0.2, 0) is 0 Å². The van der Waals surface area contributed by atoms with Gasteiger partial charge in [0.1, 0.15) is 5.82 Å². The van der Waals surface area contributed by atoms with Crippen LogP contribution in [0.3, 0.4) is 0 Å². The molecule has 72 valence electrons. The summed E-state index contributed by atoms with van der Waals surface area (Å²) in [4.78, 5) is 10.2. The first-order chi connectivity index (χ1) is 6.13. The first-order valence-electron chi connectivity index (χ1n) is 4.35. The van der Waals surface area contributed by atoms with Crippen molar-refractivity contribution in [3.8, 4) is 0 Å². The average molecular weight is 200 g/mol. The fourth-order valence-corrected chi connectivity index (χ4v) is 1.38. The average Bonchev–Trinajstić information content (AvgIpc) is 2.03. The molecule has 0 unspecified atom stereocenters. The van der Waals surface area contributed by atoms with E-state index in [2.05, 4.69) is 21.8 Å². The number of halogens is 1. The topological polar surface area (TPSA) is 29.0 Å². The zero-order valence-corrected chi connectivity index (χ0v) is 8.97. The molecule has 0 aliphatic carbocycles. The predicted octanol–water partition coefficient (Wildman–Crippen LogP) is 2.28. The van der Waals surface area contributed by atoms with Crippen molar-refractivity contribution in [3.63, 3.8) is 0 Å². The van der Waals surface area contributed by atoms with Crippen molar-refractivity contribution >= 4 is 17.4 Å². The van der Waals surface area contributed by atoms with Crippen LogP contribution in [0.5, 0.6) is 0 Å². The monoisotopic (exact) mass is 199 g/mol. The highest BCUT2D eigenvalue weighted by Gasteiger charge is 2.03. The molecule has 0 atom stereocenters. The van der Waals surface area contributed by atoms with E-state index in [0.29, 0.717) is 5.28 Å². The van der Waals surface area contributed by atoms with E-state index in [-0.39, 0.29) is 0 Å². The number of aromatic nitrogens is 2. The van der Waals surface area contributed by atoms with Gasteiger partial charge >= 0.3 is 0 Å². The van der Waals surface area contributed by atoms with Crippen molar-refractivity contribution < 1.29 is 0 Å². The highest BCUT2D eigenvalue weighted by Crippen LogP contribution is 2.13. The van der Waals surface area contributed by atoms with Gasteiger partial charge in [-0.25, -0.2) is 9.97 Å². The Morgan fingerprint density at radius 2 is 2.15 bits per heavy atom. The molecular formula is C9H14ClN3. The molecule has 0 bridgehead atoms. The van der Waals surface area contributed by atoms with Crippen LogP contribution in [0.2, 0.25) is 5.28 Å². The molecule has 0 fully saturated rings. The highest BCUT2D eigenvalue weighted by molar-refractivity contribution is 6.28. The van der Waals surface area contributed by atoms with Crippen LogP contribution in [-0.4, -0.2) is 23.6 Å². The molecule has 0 aliphatic heterocycles. The number of nitrogens with zero attached hydrogens (tertiary/aromatic N) is 3. The Hall–Kier alpha value is -0.830. The van der Waals surface area contributed by atoms with Crippen molar-refractivity contribution in [3.05, 3.63) is 17.0 Å². The van der Waals surface area contributed by atoms with Crippen molar-refractivity contribution in [1.29, 1.82) is 0 Å². The molecule has 0 aromatic carbocycles. The molecule has 0 amide bonds. The van der Waals surface area contributed by atoms with Gasteiger partial charge in [0.15, 0.2) is 0 Å². The maximum absolute atomic E-state index is 5.75. The molecule has 0 N–H and O–H groups in total. The third-order valence-electron chi connectivity index (χ3n) is 1.76. The first-order valence-corrected chi connectivity index (χ1v) is 4.73. The Balaban J connectivity index is 2.87. The quantitative estimate of drug-likeness (QED) is 0.700. The lowest BCUT2D eigenvalue weighted by Gasteiger charge is -2.17. The molecule has 13 heavy (non-hydrogen) atoms. The van der Waals surface area contributed by atoms with Crippen LogP contribution >= 0.6 is 11.6 Å². The smallest absolute Gasteiger partial charge is 0.224 e. The van der Waals surface area contributed by atoms with E-state index in [4.69, 9.17) is 11.6 Å². The Labute approximate surface area is 83.8 Å². The SMILES string of the molecule is CCCN(C)c1cc(C)nc(Cl)n1. The number of rotatable bonds is 3. The van der Waals surface area contributed by atoms with Gasteiger partial charge in [0, 0.05) is 25.4 Å². The van der Waals surface area contributed by atoms with Gasteiger partial charge in [-0.3, -0.25) is 0 Å². The molecule has 0 spiro atoms. The highest BCUT2D eigenvalue weighted by atomic mass is 35.5. The van der Waals surface area contributed by atoms with Crippen LogP contribution in [0.25, 0.3) is 0 Å². The predicted molar refractivity (Wildman–Crippen MR) is 55.3 cm³/mol. The summed E-state index contributed by atoms with van der Waals surface area (Å²) in [6.07, 6.45) is 1.09. The third kappa shape index (κ3) is 2.84. The van der Waals surface area contributed by atoms with Gasteiger partial charge in [-0.1, -0.05) is 6.92 Å². The summed E-state index contributed by atoms with van der Waals surface area (Å²) in [5.74, 6) is 0.888. The fourth-order valence-electron chi connectivity index (χ4n) is 1.16. The minimum Gasteiger partial charge on any atom is -0.360 e. The lowest BCUT2D eigenvalue weighted by atomic mass is 10.4. The Morgan fingerprint density at radius 3 is 2.69 bits per heavy atom. The lowest BCUT2D eigenvalue weighted by Crippen LogP contribution is -2.19. The minimum absolute atomic E-state index is 0.318. The van der Waals surface area contributed by atoms with Crippen molar-refractivity contribution in [2.45, 2.75) is 20.3 Å². The molecule has 1 aromatic rings. The molecule has 1 aromatic heterocycles. The van der Waals surface area contributed by atoms with E-state index in [9.17, 15) is 0 Å². The third-order valence-corrected chi connectivity index (χ3v) is 1.93. The zero-order valence-electron chi connectivity index (χ0n) is 8.21. The molecule has 0 saturated carbocycles. The molecule has 1 rings (SSSR count). The van der Waals surface area contributed by atoms with Gasteiger partial charge in [0.2, 0.25) is 5.28 Å². The van der Waals surface area contributed by atoms with Crippen LogP contribution in [0.15, 0.2) is 6.07 Å². The number of anilines is 1. The molecular weight excluding hydrogens is 186 g/mol. The van der Waals surface area contributed by atoms with Gasteiger partial charge in [-0.15, -0.1) is 0 Å². The summed E-state index contributed by atoms with van der Waals surface area (Å²) in [7, 11) is 2.00. The second-order valence-corrected chi connectivity index (χ2v) is 3.40. The number of aryl methyl sites for hydroxylation is 1. The maximum Gasteiger partial charge on any atom is 0.224 e. The molecule has 0 aliphatic rings. The second-order valence-electron chi connectivity index (χ2n) is 3.06. The van der Waals surface area contributed by atoms with Crippen LogP contribution < -0.4 is 4.90 Å². The fraction of sp³-hybridized carbons (Fsp3) is 0.556. The van der Waals surface area contributed by atoms with Crippen LogP contribution in [0, 0.1) is 6.92 Å². The van der Waals surface area contributed by atoms with E-state index >= 15 is 0 Å². The van der Waals surface area contributed by atoms with E-state index in [1.807, 2.05) is 20.0 Å². The number of hydrogen-bond donors (Lipinski definition) is 0. The van der Waals surface area contributed by atoms with Crippen molar-refractivity contribution in [1.82, 2.24) is 9.97 Å². The van der Waals surface area contributed by atoms with E-state index < -0.39 is 0 Å². The Kier molecular flexibility index (Phi) is 3.48. The van der Waals surface area contributed by atoms with Gasteiger partial charge in [0.05, 0.1) is 0 Å². The number of hydrogen-bond acceptors (Lipinski definition) is 3. The molecule has 3 nitrogen and oxygen atoms in total. The minimum atomic E-state index is 0.318. The van der Waals surface area contributed by atoms with Crippen LogP contribution in [0.1, 0.15) is 19.0 Å². The molecule has 4 heteroatoms. The Morgan fingerprint density at radius 1 is 1.46 bits per heavy atom. The summed E-state index contributed by atoms with van der Waals surface area (Å²) >= 11 is 5.75. The summed E-state index contributed by atoms with van der Waals surface area (Å²) < 4.78 is 0. The lowest BCUT2D eigenvalue weighted by molar-refractivity contribution is 0.832.